The van der Waals surface area contributed by atoms with Crippen molar-refractivity contribution in [2.45, 2.75) is 39.7 Å². The average Bonchev–Trinajstić information content (AvgIpc) is 2.03. The summed E-state index contributed by atoms with van der Waals surface area (Å²) < 4.78 is 5.77. The summed E-state index contributed by atoms with van der Waals surface area (Å²) in [6.07, 6.45) is 2.77. The molecule has 0 aliphatic carbocycles. The van der Waals surface area contributed by atoms with E-state index in [1.54, 1.807) is 0 Å². The van der Waals surface area contributed by atoms with Crippen LogP contribution in [0.4, 0.5) is 0 Å². The van der Waals surface area contributed by atoms with Crippen molar-refractivity contribution in [2.75, 3.05) is 13.2 Å². The number of ether oxygens (including phenoxy) is 1. The Morgan fingerprint density at radius 3 is 2.50 bits per heavy atom. The minimum absolute atomic E-state index is 0.241. The lowest BCUT2D eigenvalue weighted by Gasteiger charge is -2.39. The average molecular weight is 171 g/mol. The third kappa shape index (κ3) is 2.20. The van der Waals surface area contributed by atoms with Gasteiger partial charge < -0.3 is 10.5 Å². The first-order chi connectivity index (χ1) is 5.55. The molecule has 1 rings (SSSR count). The van der Waals surface area contributed by atoms with E-state index in [0.29, 0.717) is 12.0 Å². The van der Waals surface area contributed by atoms with Gasteiger partial charge in [0.15, 0.2) is 0 Å². The molecule has 0 aromatic rings. The van der Waals surface area contributed by atoms with E-state index in [1.807, 2.05) is 0 Å². The second-order valence-electron chi connectivity index (χ2n) is 4.80. The fourth-order valence-electron chi connectivity index (χ4n) is 2.04. The van der Waals surface area contributed by atoms with Gasteiger partial charge in [0.1, 0.15) is 0 Å². The number of rotatable bonds is 1. The van der Waals surface area contributed by atoms with Crippen LogP contribution < -0.4 is 5.73 Å². The first kappa shape index (κ1) is 10.0. The van der Waals surface area contributed by atoms with Crippen LogP contribution in [0.25, 0.3) is 0 Å². The molecule has 1 saturated heterocycles. The fourth-order valence-corrected chi connectivity index (χ4v) is 2.04. The second kappa shape index (κ2) is 3.75. The third-order valence-electron chi connectivity index (χ3n) is 2.60. The Balaban J connectivity index is 2.59. The van der Waals surface area contributed by atoms with Gasteiger partial charge in [-0.1, -0.05) is 20.8 Å². The zero-order valence-corrected chi connectivity index (χ0v) is 8.47. The highest BCUT2D eigenvalue weighted by Gasteiger charge is 2.34. The van der Waals surface area contributed by atoms with Gasteiger partial charge in [0.05, 0.1) is 6.10 Å². The summed E-state index contributed by atoms with van der Waals surface area (Å²) in [4.78, 5) is 0. The molecule has 2 nitrogen and oxygen atoms in total. The Morgan fingerprint density at radius 1 is 1.42 bits per heavy atom. The van der Waals surface area contributed by atoms with Crippen LogP contribution in [0.1, 0.15) is 33.6 Å². The topological polar surface area (TPSA) is 35.2 Å². The van der Waals surface area contributed by atoms with Crippen molar-refractivity contribution >= 4 is 0 Å². The van der Waals surface area contributed by atoms with Crippen LogP contribution in [-0.2, 0) is 4.74 Å². The molecule has 2 N–H and O–H groups in total. The van der Waals surface area contributed by atoms with Gasteiger partial charge in [-0.05, 0) is 30.7 Å². The normalized spacial score (nSPS) is 32.0. The summed E-state index contributed by atoms with van der Waals surface area (Å²) in [5.74, 6) is 0.568. The number of nitrogens with two attached hydrogens (primary N) is 1. The van der Waals surface area contributed by atoms with Gasteiger partial charge >= 0.3 is 0 Å². The maximum absolute atomic E-state index is 5.77. The third-order valence-corrected chi connectivity index (χ3v) is 2.60. The molecule has 0 spiro atoms. The zero-order chi connectivity index (χ0) is 9.19. The molecule has 0 amide bonds. The summed E-state index contributed by atoms with van der Waals surface area (Å²) in [5.41, 5.74) is 5.95. The van der Waals surface area contributed by atoms with Gasteiger partial charge in [0.25, 0.3) is 0 Å². The highest BCUT2D eigenvalue weighted by molar-refractivity contribution is 4.84. The molecule has 72 valence electrons. The molecular formula is C10H21NO. The van der Waals surface area contributed by atoms with Crippen LogP contribution in [-0.4, -0.2) is 19.3 Å². The molecule has 0 aromatic carbocycles. The quantitative estimate of drug-likeness (QED) is 0.652. The van der Waals surface area contributed by atoms with E-state index < -0.39 is 0 Å². The molecule has 1 fully saturated rings. The molecule has 1 heterocycles. The first-order valence-electron chi connectivity index (χ1n) is 4.87. The van der Waals surface area contributed by atoms with Gasteiger partial charge in [-0.25, -0.2) is 0 Å². The van der Waals surface area contributed by atoms with Gasteiger partial charge in [0, 0.05) is 6.61 Å². The molecule has 0 radical (unpaired) electrons. The van der Waals surface area contributed by atoms with E-state index in [1.165, 1.54) is 12.8 Å². The Hall–Kier alpha value is -0.0800. The molecular weight excluding hydrogens is 150 g/mol. The van der Waals surface area contributed by atoms with Crippen molar-refractivity contribution in [1.29, 1.82) is 0 Å². The van der Waals surface area contributed by atoms with Gasteiger partial charge in [-0.15, -0.1) is 0 Å². The Labute approximate surface area is 75.5 Å². The van der Waals surface area contributed by atoms with Gasteiger partial charge in [0.2, 0.25) is 0 Å². The van der Waals surface area contributed by atoms with E-state index in [0.717, 1.165) is 13.2 Å². The van der Waals surface area contributed by atoms with E-state index in [-0.39, 0.29) is 5.41 Å². The van der Waals surface area contributed by atoms with E-state index in [4.69, 9.17) is 10.5 Å². The maximum atomic E-state index is 5.77. The molecule has 0 saturated carbocycles. The molecule has 1 aliphatic heterocycles. The number of hydrogen-bond donors (Lipinski definition) is 1. The summed E-state index contributed by atoms with van der Waals surface area (Å²) in [6.45, 7) is 8.36. The Bertz CT molecular complexity index is 139. The molecule has 0 aromatic heterocycles. The van der Waals surface area contributed by atoms with Gasteiger partial charge in [-0.3, -0.25) is 0 Å². The molecule has 2 unspecified atom stereocenters. The standard InChI is InChI=1S/C10H21NO/c1-10(2,3)9-8(7-11)5-4-6-12-9/h8-9H,4-7,11H2,1-3H3. The smallest absolute Gasteiger partial charge is 0.0663 e. The molecule has 12 heavy (non-hydrogen) atoms. The fraction of sp³-hybridized carbons (Fsp3) is 1.00. The monoisotopic (exact) mass is 171 g/mol. The highest BCUT2D eigenvalue weighted by Crippen LogP contribution is 2.33. The van der Waals surface area contributed by atoms with Crippen LogP contribution in [0.3, 0.4) is 0 Å². The van der Waals surface area contributed by atoms with Crippen molar-refractivity contribution in [3.63, 3.8) is 0 Å². The molecule has 1 aliphatic rings. The lowest BCUT2D eigenvalue weighted by atomic mass is 9.78. The van der Waals surface area contributed by atoms with Crippen LogP contribution in [0.5, 0.6) is 0 Å². The van der Waals surface area contributed by atoms with Crippen LogP contribution in [0.15, 0.2) is 0 Å². The van der Waals surface area contributed by atoms with Crippen molar-refractivity contribution < 1.29 is 4.74 Å². The maximum Gasteiger partial charge on any atom is 0.0663 e. The predicted octanol–water partition coefficient (Wildman–Crippen LogP) is 1.79. The minimum Gasteiger partial charge on any atom is -0.377 e. The largest absolute Gasteiger partial charge is 0.377 e. The van der Waals surface area contributed by atoms with Crippen LogP contribution in [0, 0.1) is 11.3 Å². The summed E-state index contributed by atoms with van der Waals surface area (Å²) in [6, 6.07) is 0. The summed E-state index contributed by atoms with van der Waals surface area (Å²) in [5, 5.41) is 0. The minimum atomic E-state index is 0.241. The zero-order valence-electron chi connectivity index (χ0n) is 8.47. The molecule has 2 heteroatoms. The van der Waals surface area contributed by atoms with Crippen molar-refractivity contribution in [3.8, 4) is 0 Å². The van der Waals surface area contributed by atoms with E-state index >= 15 is 0 Å². The van der Waals surface area contributed by atoms with E-state index in [2.05, 4.69) is 20.8 Å². The lowest BCUT2D eigenvalue weighted by molar-refractivity contribution is -0.0824. The lowest BCUT2D eigenvalue weighted by Crippen LogP contribution is -2.43. The Morgan fingerprint density at radius 2 is 2.08 bits per heavy atom. The molecule has 0 bridgehead atoms. The van der Waals surface area contributed by atoms with Crippen molar-refractivity contribution in [2.24, 2.45) is 17.1 Å². The SMILES string of the molecule is CC(C)(C)C1OCCCC1CN. The first-order valence-corrected chi connectivity index (χ1v) is 4.87. The van der Waals surface area contributed by atoms with Crippen LogP contribution >= 0.6 is 0 Å². The second-order valence-corrected chi connectivity index (χ2v) is 4.80. The van der Waals surface area contributed by atoms with Crippen LogP contribution in [0.2, 0.25) is 0 Å². The highest BCUT2D eigenvalue weighted by atomic mass is 16.5. The number of hydrogen-bond acceptors (Lipinski definition) is 2. The van der Waals surface area contributed by atoms with Crippen molar-refractivity contribution in [1.82, 2.24) is 0 Å². The van der Waals surface area contributed by atoms with Crippen molar-refractivity contribution in [3.05, 3.63) is 0 Å². The Kier molecular flexibility index (Phi) is 3.13. The van der Waals surface area contributed by atoms with E-state index in [9.17, 15) is 0 Å². The summed E-state index contributed by atoms with van der Waals surface area (Å²) >= 11 is 0. The molecule has 2 atom stereocenters. The van der Waals surface area contributed by atoms with Gasteiger partial charge in [-0.2, -0.15) is 0 Å². The predicted molar refractivity (Wildman–Crippen MR) is 51.0 cm³/mol. The summed E-state index contributed by atoms with van der Waals surface area (Å²) in [7, 11) is 0.